The van der Waals surface area contributed by atoms with Crippen LogP contribution in [0, 0.1) is 0 Å². The van der Waals surface area contributed by atoms with E-state index in [0.717, 1.165) is 54.1 Å². The molecule has 0 bridgehead atoms. The van der Waals surface area contributed by atoms with Crippen LogP contribution in [0.2, 0.25) is 0 Å². The number of aromatic amines is 1. The molecule has 0 amide bonds. The van der Waals surface area contributed by atoms with Gasteiger partial charge < -0.3 is 10.6 Å². The predicted octanol–water partition coefficient (Wildman–Crippen LogP) is 3.30. The molecule has 2 aromatic heterocycles. The lowest BCUT2D eigenvalue weighted by Gasteiger charge is -2.24. The molecule has 1 fully saturated rings. The average Bonchev–Trinajstić information content (AvgIpc) is 3.07. The Morgan fingerprint density at radius 3 is 2.42 bits per heavy atom. The van der Waals surface area contributed by atoms with Gasteiger partial charge in [0.05, 0.1) is 11.3 Å². The molecule has 0 unspecified atom stereocenters. The summed E-state index contributed by atoms with van der Waals surface area (Å²) in [7, 11) is 0. The van der Waals surface area contributed by atoms with E-state index in [2.05, 4.69) is 37.9 Å². The van der Waals surface area contributed by atoms with Crippen LogP contribution < -0.4 is 10.6 Å². The lowest BCUT2D eigenvalue weighted by molar-refractivity contribution is 0.478. The fourth-order valence-electron chi connectivity index (χ4n) is 3.22. The third-order valence-corrected chi connectivity index (χ3v) is 4.48. The van der Waals surface area contributed by atoms with Crippen molar-refractivity contribution in [3.05, 3.63) is 54.9 Å². The second-order valence-electron chi connectivity index (χ2n) is 6.09. The largest absolute Gasteiger partial charge is 0.365 e. The van der Waals surface area contributed by atoms with Gasteiger partial charge in [0.15, 0.2) is 5.82 Å². The number of anilines is 1. The summed E-state index contributed by atoms with van der Waals surface area (Å²) in [5.41, 5.74) is 4.41. The van der Waals surface area contributed by atoms with Gasteiger partial charge in [-0.1, -0.05) is 30.3 Å². The van der Waals surface area contributed by atoms with Crippen molar-refractivity contribution in [3.8, 4) is 22.4 Å². The van der Waals surface area contributed by atoms with Gasteiger partial charge in [0.25, 0.3) is 0 Å². The Kier molecular flexibility index (Phi) is 4.25. The Morgan fingerprint density at radius 1 is 0.917 bits per heavy atom. The van der Waals surface area contributed by atoms with E-state index < -0.39 is 0 Å². The van der Waals surface area contributed by atoms with E-state index in [0.29, 0.717) is 6.04 Å². The van der Waals surface area contributed by atoms with Crippen molar-refractivity contribution < 1.29 is 0 Å². The highest BCUT2D eigenvalue weighted by molar-refractivity contribution is 5.88. The molecule has 1 aliphatic heterocycles. The maximum Gasteiger partial charge on any atom is 0.156 e. The van der Waals surface area contributed by atoms with Gasteiger partial charge in [0.1, 0.15) is 0 Å². The van der Waals surface area contributed by atoms with Crippen LogP contribution in [0.3, 0.4) is 0 Å². The maximum absolute atomic E-state index is 4.59. The van der Waals surface area contributed by atoms with Crippen LogP contribution in [0.1, 0.15) is 12.8 Å². The zero-order valence-electron chi connectivity index (χ0n) is 13.5. The number of hydrogen-bond donors (Lipinski definition) is 3. The zero-order chi connectivity index (χ0) is 16.2. The lowest BCUT2D eigenvalue weighted by Crippen LogP contribution is -2.35. The summed E-state index contributed by atoms with van der Waals surface area (Å²) in [6.45, 7) is 2.11. The summed E-state index contributed by atoms with van der Waals surface area (Å²) in [6, 6.07) is 14.9. The van der Waals surface area contributed by atoms with Crippen molar-refractivity contribution in [1.82, 2.24) is 20.5 Å². The van der Waals surface area contributed by atoms with Crippen LogP contribution >= 0.6 is 0 Å². The van der Waals surface area contributed by atoms with Crippen molar-refractivity contribution >= 4 is 5.82 Å². The Balaban J connectivity index is 1.75. The first kappa shape index (κ1) is 14.9. The molecule has 3 N–H and O–H groups in total. The Bertz CT molecular complexity index is 776. The smallest absolute Gasteiger partial charge is 0.156 e. The van der Waals surface area contributed by atoms with Gasteiger partial charge in [-0.25, -0.2) is 0 Å². The number of pyridine rings is 1. The van der Waals surface area contributed by atoms with E-state index in [1.165, 1.54) is 0 Å². The fourth-order valence-corrected chi connectivity index (χ4v) is 3.22. The Hall–Kier alpha value is -2.66. The molecule has 5 nitrogen and oxygen atoms in total. The third kappa shape index (κ3) is 3.03. The molecule has 5 heteroatoms. The highest BCUT2D eigenvalue weighted by Crippen LogP contribution is 2.36. The second kappa shape index (κ2) is 6.84. The molecule has 1 aromatic carbocycles. The first-order chi connectivity index (χ1) is 11.9. The Morgan fingerprint density at radius 2 is 1.67 bits per heavy atom. The summed E-state index contributed by atoms with van der Waals surface area (Å²) in [6.07, 6.45) is 5.88. The Labute approximate surface area is 141 Å². The topological polar surface area (TPSA) is 65.6 Å². The minimum Gasteiger partial charge on any atom is -0.365 e. The predicted molar refractivity (Wildman–Crippen MR) is 96.8 cm³/mol. The van der Waals surface area contributed by atoms with Crippen LogP contribution in [0.4, 0.5) is 5.82 Å². The second-order valence-corrected chi connectivity index (χ2v) is 6.09. The normalized spacial score (nSPS) is 15.3. The van der Waals surface area contributed by atoms with Crippen LogP contribution in [0.15, 0.2) is 54.9 Å². The summed E-state index contributed by atoms with van der Waals surface area (Å²) < 4.78 is 0. The molecule has 0 radical (unpaired) electrons. The SMILES string of the molecule is c1ccc(-c2[nH]nc(NC3CCNCC3)c2-c2ccncc2)cc1. The van der Waals surface area contributed by atoms with Gasteiger partial charge in [-0.15, -0.1) is 0 Å². The summed E-state index contributed by atoms with van der Waals surface area (Å²) in [5.74, 6) is 0.923. The van der Waals surface area contributed by atoms with Crippen LogP contribution in [-0.4, -0.2) is 34.3 Å². The highest BCUT2D eigenvalue weighted by atomic mass is 15.2. The van der Waals surface area contributed by atoms with E-state index >= 15 is 0 Å². The maximum atomic E-state index is 4.59. The standard InChI is InChI=1S/C19H21N5/c1-2-4-15(5-3-1)18-17(14-6-10-20-11-7-14)19(24-23-18)22-16-8-12-21-13-9-16/h1-7,10-11,16,21H,8-9,12-13H2,(H2,22,23,24). The van der Waals surface area contributed by atoms with Gasteiger partial charge in [-0.05, 0) is 43.6 Å². The van der Waals surface area contributed by atoms with Gasteiger partial charge in [0, 0.05) is 24.0 Å². The zero-order valence-corrected chi connectivity index (χ0v) is 13.5. The molecule has 0 atom stereocenters. The number of piperidine rings is 1. The van der Waals surface area contributed by atoms with Gasteiger partial charge >= 0.3 is 0 Å². The molecule has 24 heavy (non-hydrogen) atoms. The first-order valence-electron chi connectivity index (χ1n) is 8.43. The van der Waals surface area contributed by atoms with E-state index in [9.17, 15) is 0 Å². The van der Waals surface area contributed by atoms with Gasteiger partial charge in [0.2, 0.25) is 0 Å². The number of aromatic nitrogens is 3. The number of H-pyrrole nitrogens is 1. The molecule has 3 aromatic rings. The minimum absolute atomic E-state index is 0.457. The first-order valence-corrected chi connectivity index (χ1v) is 8.43. The molecular weight excluding hydrogens is 298 g/mol. The van der Waals surface area contributed by atoms with Crippen molar-refractivity contribution in [2.24, 2.45) is 0 Å². The molecular formula is C19H21N5. The molecule has 122 valence electrons. The monoisotopic (exact) mass is 319 g/mol. The third-order valence-electron chi connectivity index (χ3n) is 4.48. The summed E-state index contributed by atoms with van der Waals surface area (Å²) in [4.78, 5) is 4.14. The summed E-state index contributed by atoms with van der Waals surface area (Å²) >= 11 is 0. The number of rotatable bonds is 4. The van der Waals surface area contributed by atoms with Gasteiger partial charge in [-0.3, -0.25) is 10.1 Å². The van der Waals surface area contributed by atoms with E-state index in [1.807, 2.05) is 42.7 Å². The molecule has 0 saturated carbocycles. The number of benzene rings is 1. The lowest BCUT2D eigenvalue weighted by atomic mass is 10.0. The summed E-state index contributed by atoms with van der Waals surface area (Å²) in [5, 5.41) is 14.9. The molecule has 1 aliphatic rings. The van der Waals surface area contributed by atoms with Crippen molar-refractivity contribution in [2.75, 3.05) is 18.4 Å². The van der Waals surface area contributed by atoms with Crippen LogP contribution in [0.5, 0.6) is 0 Å². The molecule has 3 heterocycles. The highest BCUT2D eigenvalue weighted by Gasteiger charge is 2.20. The van der Waals surface area contributed by atoms with Crippen LogP contribution in [-0.2, 0) is 0 Å². The molecule has 1 saturated heterocycles. The van der Waals surface area contributed by atoms with Gasteiger partial charge in [-0.2, -0.15) is 5.10 Å². The average molecular weight is 319 g/mol. The number of nitrogens with zero attached hydrogens (tertiary/aromatic N) is 2. The van der Waals surface area contributed by atoms with Crippen LogP contribution in [0.25, 0.3) is 22.4 Å². The molecule has 0 spiro atoms. The van der Waals surface area contributed by atoms with Crippen molar-refractivity contribution in [2.45, 2.75) is 18.9 Å². The van der Waals surface area contributed by atoms with E-state index in [1.54, 1.807) is 0 Å². The fraction of sp³-hybridized carbons (Fsp3) is 0.263. The number of hydrogen-bond acceptors (Lipinski definition) is 4. The molecule has 0 aliphatic carbocycles. The molecule has 4 rings (SSSR count). The van der Waals surface area contributed by atoms with E-state index in [4.69, 9.17) is 0 Å². The quantitative estimate of drug-likeness (QED) is 0.690. The van der Waals surface area contributed by atoms with Crippen molar-refractivity contribution in [3.63, 3.8) is 0 Å². The van der Waals surface area contributed by atoms with Crippen molar-refractivity contribution in [1.29, 1.82) is 0 Å². The minimum atomic E-state index is 0.457. The van der Waals surface area contributed by atoms with E-state index in [-0.39, 0.29) is 0 Å². The number of nitrogens with one attached hydrogen (secondary N) is 3.